The standard InChI is InChI=1S/C29H29N7O/c1-22-12-14-24(15-13-22)27-20-26(23-8-4-2-5-9-23)35(29-30-31-32-36(27)29)21-28(37)34-18-16-33(17-19-34)25-10-6-3-7-11-25/h2-15,20,27H,16-19,21H2,1H3. The van der Waals surface area contributed by atoms with Crippen molar-refractivity contribution in [3.05, 3.63) is 108 Å². The molecule has 0 radical (unpaired) electrons. The molecule has 0 N–H and O–H groups in total. The fourth-order valence-corrected chi connectivity index (χ4v) is 5.07. The topological polar surface area (TPSA) is 70.4 Å². The Kier molecular flexibility index (Phi) is 6.14. The van der Waals surface area contributed by atoms with E-state index in [1.165, 1.54) is 11.3 Å². The quantitative estimate of drug-likeness (QED) is 0.423. The van der Waals surface area contributed by atoms with Crippen molar-refractivity contribution in [3.63, 3.8) is 0 Å². The minimum atomic E-state index is -0.165. The molecule has 1 fully saturated rings. The van der Waals surface area contributed by atoms with Crippen molar-refractivity contribution >= 4 is 23.2 Å². The summed E-state index contributed by atoms with van der Waals surface area (Å²) in [6.07, 6.45) is 2.16. The average molecular weight is 492 g/mol. The Labute approximate surface area is 216 Å². The van der Waals surface area contributed by atoms with Crippen molar-refractivity contribution < 1.29 is 4.79 Å². The van der Waals surface area contributed by atoms with Crippen molar-refractivity contribution in [2.45, 2.75) is 13.0 Å². The fourth-order valence-electron chi connectivity index (χ4n) is 5.07. The van der Waals surface area contributed by atoms with Gasteiger partial charge in [0.15, 0.2) is 0 Å². The van der Waals surface area contributed by atoms with E-state index in [-0.39, 0.29) is 18.5 Å². The van der Waals surface area contributed by atoms with Crippen molar-refractivity contribution in [2.24, 2.45) is 0 Å². The highest BCUT2D eigenvalue weighted by molar-refractivity contribution is 5.89. The number of anilines is 2. The van der Waals surface area contributed by atoms with Crippen LogP contribution in [0, 0.1) is 6.92 Å². The van der Waals surface area contributed by atoms with Gasteiger partial charge in [-0.25, -0.2) is 0 Å². The number of tetrazole rings is 1. The Morgan fingerprint density at radius 2 is 1.54 bits per heavy atom. The number of aromatic nitrogens is 4. The molecule has 4 aromatic rings. The number of benzene rings is 3. The molecule has 0 aliphatic carbocycles. The van der Waals surface area contributed by atoms with Gasteiger partial charge in [-0.05, 0) is 46.7 Å². The Balaban J connectivity index is 1.27. The summed E-state index contributed by atoms with van der Waals surface area (Å²) >= 11 is 0. The van der Waals surface area contributed by atoms with Crippen LogP contribution in [0.2, 0.25) is 0 Å². The number of nitrogens with zero attached hydrogens (tertiary/aromatic N) is 7. The van der Waals surface area contributed by atoms with Crippen molar-refractivity contribution in [1.29, 1.82) is 0 Å². The van der Waals surface area contributed by atoms with Gasteiger partial charge in [-0.15, -0.1) is 0 Å². The molecule has 6 rings (SSSR count). The zero-order valence-electron chi connectivity index (χ0n) is 20.8. The Morgan fingerprint density at radius 3 is 2.24 bits per heavy atom. The van der Waals surface area contributed by atoms with Gasteiger partial charge in [0.05, 0.1) is 5.70 Å². The SMILES string of the molecule is Cc1ccc(C2C=C(c3ccccc3)N(CC(=O)N3CCN(c4ccccc4)CC3)c3nnnn32)cc1. The molecule has 1 unspecified atom stereocenters. The smallest absolute Gasteiger partial charge is 0.251 e. The van der Waals surface area contributed by atoms with Gasteiger partial charge in [0.2, 0.25) is 5.91 Å². The number of amides is 1. The maximum absolute atomic E-state index is 13.6. The van der Waals surface area contributed by atoms with E-state index < -0.39 is 0 Å². The van der Waals surface area contributed by atoms with Gasteiger partial charge in [-0.1, -0.05) is 83.5 Å². The second-order valence-corrected chi connectivity index (χ2v) is 9.49. The lowest BCUT2D eigenvalue weighted by molar-refractivity contribution is -0.129. The summed E-state index contributed by atoms with van der Waals surface area (Å²) in [4.78, 5) is 19.8. The van der Waals surface area contributed by atoms with Crippen LogP contribution in [-0.2, 0) is 4.79 Å². The van der Waals surface area contributed by atoms with Crippen LogP contribution < -0.4 is 9.80 Å². The van der Waals surface area contributed by atoms with E-state index in [1.54, 1.807) is 4.68 Å². The van der Waals surface area contributed by atoms with Gasteiger partial charge < -0.3 is 9.80 Å². The van der Waals surface area contributed by atoms with Crippen LogP contribution in [0.4, 0.5) is 11.6 Å². The molecule has 1 aromatic heterocycles. The molecule has 186 valence electrons. The molecule has 2 aliphatic heterocycles. The third kappa shape index (κ3) is 4.58. The zero-order valence-corrected chi connectivity index (χ0v) is 20.8. The maximum atomic E-state index is 13.6. The van der Waals surface area contributed by atoms with Gasteiger partial charge >= 0.3 is 0 Å². The number of aryl methyl sites for hydroxylation is 1. The number of carbonyl (C=O) groups is 1. The number of piperazine rings is 1. The molecule has 3 heterocycles. The third-order valence-electron chi connectivity index (χ3n) is 7.12. The Bertz CT molecular complexity index is 1390. The van der Waals surface area contributed by atoms with E-state index in [9.17, 15) is 4.79 Å². The third-order valence-corrected chi connectivity index (χ3v) is 7.12. The second kappa shape index (κ2) is 9.89. The number of carbonyl (C=O) groups excluding carboxylic acids is 1. The zero-order chi connectivity index (χ0) is 25.2. The largest absolute Gasteiger partial charge is 0.368 e. The number of rotatable bonds is 5. The minimum absolute atomic E-state index is 0.0675. The van der Waals surface area contributed by atoms with Crippen molar-refractivity contribution in [3.8, 4) is 0 Å². The lowest BCUT2D eigenvalue weighted by Gasteiger charge is -2.38. The van der Waals surface area contributed by atoms with Crippen LogP contribution in [0.25, 0.3) is 5.70 Å². The molecule has 2 aliphatic rings. The van der Waals surface area contributed by atoms with E-state index in [0.29, 0.717) is 19.0 Å². The van der Waals surface area contributed by atoms with Gasteiger partial charge in [0.1, 0.15) is 12.6 Å². The van der Waals surface area contributed by atoms with Gasteiger partial charge in [0.25, 0.3) is 5.95 Å². The van der Waals surface area contributed by atoms with Crippen LogP contribution >= 0.6 is 0 Å². The molecular weight excluding hydrogens is 462 g/mol. The highest BCUT2D eigenvalue weighted by atomic mass is 16.2. The fraction of sp³-hybridized carbons (Fsp3) is 0.241. The van der Waals surface area contributed by atoms with E-state index in [2.05, 4.69) is 94.1 Å². The van der Waals surface area contributed by atoms with Crippen LogP contribution in [0.3, 0.4) is 0 Å². The summed E-state index contributed by atoms with van der Waals surface area (Å²) in [5.74, 6) is 0.640. The predicted molar refractivity (Wildman–Crippen MR) is 144 cm³/mol. The Morgan fingerprint density at radius 1 is 0.865 bits per heavy atom. The summed E-state index contributed by atoms with van der Waals surface area (Å²) < 4.78 is 1.80. The number of fused-ring (bicyclic) bond motifs is 1. The van der Waals surface area contributed by atoms with Gasteiger partial charge in [-0.3, -0.25) is 9.69 Å². The molecule has 8 heteroatoms. The van der Waals surface area contributed by atoms with Gasteiger partial charge in [-0.2, -0.15) is 4.68 Å². The lowest BCUT2D eigenvalue weighted by atomic mass is 10.00. The summed E-state index contributed by atoms with van der Waals surface area (Å²) in [6, 6.07) is 28.8. The lowest BCUT2D eigenvalue weighted by Crippen LogP contribution is -2.51. The molecule has 0 spiro atoms. The van der Waals surface area contributed by atoms with Gasteiger partial charge in [0, 0.05) is 31.9 Å². The molecule has 0 bridgehead atoms. The van der Waals surface area contributed by atoms with Crippen LogP contribution in [0.15, 0.2) is 91.0 Å². The first kappa shape index (κ1) is 23.0. The van der Waals surface area contributed by atoms with E-state index in [1.807, 2.05) is 34.1 Å². The molecule has 1 saturated heterocycles. The second-order valence-electron chi connectivity index (χ2n) is 9.49. The molecule has 1 amide bonds. The first-order chi connectivity index (χ1) is 18.2. The number of allylic oxidation sites excluding steroid dienone is 1. The van der Waals surface area contributed by atoms with Crippen LogP contribution in [-0.4, -0.2) is 63.7 Å². The average Bonchev–Trinajstić information content (AvgIpc) is 3.45. The molecule has 8 nitrogen and oxygen atoms in total. The van der Waals surface area contributed by atoms with E-state index in [4.69, 9.17) is 0 Å². The summed E-state index contributed by atoms with van der Waals surface area (Å²) in [5.41, 5.74) is 5.44. The molecular formula is C29H29N7O. The first-order valence-corrected chi connectivity index (χ1v) is 12.6. The van der Waals surface area contributed by atoms with Crippen molar-refractivity contribution in [2.75, 3.05) is 42.5 Å². The Hall–Kier alpha value is -4.46. The molecule has 1 atom stereocenters. The predicted octanol–water partition coefficient (Wildman–Crippen LogP) is 3.78. The van der Waals surface area contributed by atoms with E-state index in [0.717, 1.165) is 29.9 Å². The number of hydrogen-bond donors (Lipinski definition) is 0. The van der Waals surface area contributed by atoms with Crippen LogP contribution in [0.5, 0.6) is 0 Å². The van der Waals surface area contributed by atoms with E-state index >= 15 is 0 Å². The number of para-hydroxylation sites is 1. The van der Waals surface area contributed by atoms with Crippen molar-refractivity contribution in [1.82, 2.24) is 25.1 Å². The summed E-state index contributed by atoms with van der Waals surface area (Å²) in [5, 5.41) is 12.7. The highest BCUT2D eigenvalue weighted by Gasteiger charge is 2.33. The molecule has 37 heavy (non-hydrogen) atoms. The number of hydrogen-bond acceptors (Lipinski definition) is 6. The molecule has 0 saturated carbocycles. The first-order valence-electron chi connectivity index (χ1n) is 12.6. The normalized spacial score (nSPS) is 17.4. The molecule has 3 aromatic carbocycles. The maximum Gasteiger partial charge on any atom is 0.251 e. The summed E-state index contributed by atoms with van der Waals surface area (Å²) in [6.45, 7) is 5.24. The monoisotopic (exact) mass is 491 g/mol. The highest BCUT2D eigenvalue weighted by Crippen LogP contribution is 2.36. The summed E-state index contributed by atoms with van der Waals surface area (Å²) in [7, 11) is 0. The minimum Gasteiger partial charge on any atom is -0.368 e. The van der Waals surface area contributed by atoms with Crippen LogP contribution in [0.1, 0.15) is 22.7 Å².